The van der Waals surface area contributed by atoms with Gasteiger partial charge < -0.3 is 10.4 Å². The molecule has 1 fully saturated rings. The fourth-order valence-electron chi connectivity index (χ4n) is 2.49. The maximum absolute atomic E-state index is 9.74. The molecule has 0 saturated heterocycles. The molecule has 4 nitrogen and oxygen atoms in total. The minimum Gasteiger partial charge on any atom is -0.390 e. The van der Waals surface area contributed by atoms with Gasteiger partial charge in [0.1, 0.15) is 0 Å². The molecule has 1 aliphatic rings. The van der Waals surface area contributed by atoms with Crippen molar-refractivity contribution in [3.05, 3.63) is 0 Å². The molecular formula is C12H27N3O. The molecule has 0 aromatic heterocycles. The van der Waals surface area contributed by atoms with E-state index in [1.807, 2.05) is 14.1 Å². The molecule has 0 heterocycles. The van der Waals surface area contributed by atoms with E-state index in [0.29, 0.717) is 13.1 Å². The van der Waals surface area contributed by atoms with Crippen LogP contribution in [0.1, 0.15) is 32.1 Å². The number of nitrogens with one attached hydrogen (secondary N) is 2. The summed E-state index contributed by atoms with van der Waals surface area (Å²) in [6.45, 7) is 2.42. The third kappa shape index (κ3) is 5.25. The van der Waals surface area contributed by atoms with Crippen LogP contribution in [0, 0.1) is 5.92 Å². The standard InChI is InChI=1S/C12H27N3O/c1-13-8-12(16)10-15(14-2)9-11-6-4-3-5-7-11/h11-14,16H,3-10H2,1-2H3/t12-/m1/s1. The lowest BCUT2D eigenvalue weighted by Crippen LogP contribution is -2.46. The molecule has 0 aliphatic heterocycles. The molecular weight excluding hydrogens is 202 g/mol. The molecule has 1 aliphatic carbocycles. The highest BCUT2D eigenvalue weighted by Gasteiger charge is 2.18. The lowest BCUT2D eigenvalue weighted by atomic mass is 9.89. The van der Waals surface area contributed by atoms with Crippen LogP contribution in [0.25, 0.3) is 0 Å². The van der Waals surface area contributed by atoms with Crippen molar-refractivity contribution in [2.45, 2.75) is 38.2 Å². The van der Waals surface area contributed by atoms with Gasteiger partial charge in [0.15, 0.2) is 0 Å². The summed E-state index contributed by atoms with van der Waals surface area (Å²) in [4.78, 5) is 0. The average Bonchev–Trinajstić information content (AvgIpc) is 2.30. The first-order valence-corrected chi connectivity index (χ1v) is 6.51. The molecule has 0 aromatic carbocycles. The SMILES string of the molecule is CNC[C@@H](O)CN(CC1CCCCC1)NC. The lowest BCUT2D eigenvalue weighted by Gasteiger charge is -2.30. The first-order valence-electron chi connectivity index (χ1n) is 6.51. The molecule has 1 rings (SSSR count). The van der Waals surface area contributed by atoms with E-state index in [-0.39, 0.29) is 6.10 Å². The second kappa shape index (κ2) is 8.01. The van der Waals surface area contributed by atoms with Crippen LogP contribution in [0.4, 0.5) is 0 Å². The molecule has 0 spiro atoms. The minimum atomic E-state index is -0.291. The van der Waals surface area contributed by atoms with Crippen LogP contribution >= 0.6 is 0 Å². The third-order valence-corrected chi connectivity index (χ3v) is 3.39. The zero-order valence-electron chi connectivity index (χ0n) is 10.7. The van der Waals surface area contributed by atoms with Gasteiger partial charge in [-0.1, -0.05) is 19.3 Å². The topological polar surface area (TPSA) is 47.5 Å². The van der Waals surface area contributed by atoms with Crippen molar-refractivity contribution in [2.75, 3.05) is 33.7 Å². The van der Waals surface area contributed by atoms with Gasteiger partial charge in [-0.25, -0.2) is 5.01 Å². The van der Waals surface area contributed by atoms with Gasteiger partial charge in [-0.15, -0.1) is 0 Å². The fraction of sp³-hybridized carbons (Fsp3) is 1.00. The van der Waals surface area contributed by atoms with Gasteiger partial charge in [0.2, 0.25) is 0 Å². The summed E-state index contributed by atoms with van der Waals surface area (Å²) in [5, 5.41) is 14.9. The van der Waals surface area contributed by atoms with E-state index in [1.165, 1.54) is 32.1 Å². The predicted octanol–water partition coefficient (Wildman–Crippen LogP) is 0.583. The van der Waals surface area contributed by atoms with Gasteiger partial charge in [-0.05, 0) is 32.9 Å². The Morgan fingerprint density at radius 2 is 1.94 bits per heavy atom. The van der Waals surface area contributed by atoms with Crippen LogP contribution in [0.3, 0.4) is 0 Å². The Morgan fingerprint density at radius 3 is 2.50 bits per heavy atom. The molecule has 1 saturated carbocycles. The maximum atomic E-state index is 9.74. The van der Waals surface area contributed by atoms with Crippen molar-refractivity contribution in [3.8, 4) is 0 Å². The van der Waals surface area contributed by atoms with E-state index in [9.17, 15) is 5.11 Å². The van der Waals surface area contributed by atoms with Crippen molar-refractivity contribution in [3.63, 3.8) is 0 Å². The largest absolute Gasteiger partial charge is 0.390 e. The van der Waals surface area contributed by atoms with Gasteiger partial charge in [-0.3, -0.25) is 5.43 Å². The second-order valence-corrected chi connectivity index (χ2v) is 4.84. The zero-order valence-corrected chi connectivity index (χ0v) is 10.7. The molecule has 3 N–H and O–H groups in total. The van der Waals surface area contributed by atoms with E-state index in [4.69, 9.17) is 0 Å². The highest BCUT2D eigenvalue weighted by Crippen LogP contribution is 2.23. The Balaban J connectivity index is 2.24. The van der Waals surface area contributed by atoms with Gasteiger partial charge >= 0.3 is 0 Å². The quantitative estimate of drug-likeness (QED) is 0.559. The summed E-state index contributed by atoms with van der Waals surface area (Å²) < 4.78 is 0. The van der Waals surface area contributed by atoms with E-state index < -0.39 is 0 Å². The molecule has 4 heteroatoms. The van der Waals surface area contributed by atoms with Crippen molar-refractivity contribution in [2.24, 2.45) is 5.92 Å². The molecule has 96 valence electrons. The smallest absolute Gasteiger partial charge is 0.0805 e. The summed E-state index contributed by atoms with van der Waals surface area (Å²) in [7, 11) is 3.81. The second-order valence-electron chi connectivity index (χ2n) is 4.84. The van der Waals surface area contributed by atoms with Crippen LogP contribution < -0.4 is 10.7 Å². The Hall–Kier alpha value is -0.160. The number of hydrogen-bond acceptors (Lipinski definition) is 4. The minimum absolute atomic E-state index is 0.291. The first-order chi connectivity index (χ1) is 7.76. The Morgan fingerprint density at radius 1 is 1.25 bits per heavy atom. The molecule has 0 aromatic rings. The number of hydrazine groups is 1. The van der Waals surface area contributed by atoms with Crippen LogP contribution in [0.2, 0.25) is 0 Å². The number of likely N-dealkylation sites (N-methyl/N-ethyl adjacent to an activating group) is 1. The van der Waals surface area contributed by atoms with Gasteiger partial charge in [0, 0.05) is 19.6 Å². The van der Waals surface area contributed by atoms with Crippen LogP contribution in [-0.4, -0.2) is 49.9 Å². The summed E-state index contributed by atoms with van der Waals surface area (Å²) in [5.41, 5.74) is 3.18. The summed E-state index contributed by atoms with van der Waals surface area (Å²) >= 11 is 0. The monoisotopic (exact) mass is 229 g/mol. The molecule has 0 bridgehead atoms. The zero-order chi connectivity index (χ0) is 11.8. The Labute approximate surface area is 99.4 Å². The molecule has 16 heavy (non-hydrogen) atoms. The van der Waals surface area contributed by atoms with E-state index >= 15 is 0 Å². The van der Waals surface area contributed by atoms with Gasteiger partial charge in [0.05, 0.1) is 6.10 Å². The van der Waals surface area contributed by atoms with E-state index in [2.05, 4.69) is 15.8 Å². The number of nitrogens with zero attached hydrogens (tertiary/aromatic N) is 1. The van der Waals surface area contributed by atoms with Crippen LogP contribution in [-0.2, 0) is 0 Å². The van der Waals surface area contributed by atoms with E-state index in [0.717, 1.165) is 12.5 Å². The Bertz CT molecular complexity index is 172. The highest BCUT2D eigenvalue weighted by molar-refractivity contribution is 4.71. The number of aliphatic hydroxyl groups is 1. The average molecular weight is 229 g/mol. The summed E-state index contributed by atoms with van der Waals surface area (Å²) in [6.07, 6.45) is 6.56. The number of rotatable bonds is 7. The lowest BCUT2D eigenvalue weighted by molar-refractivity contribution is 0.0719. The third-order valence-electron chi connectivity index (χ3n) is 3.39. The molecule has 0 amide bonds. The van der Waals surface area contributed by atoms with Gasteiger partial charge in [-0.2, -0.15) is 0 Å². The number of aliphatic hydroxyl groups excluding tert-OH is 1. The van der Waals surface area contributed by atoms with Crippen molar-refractivity contribution >= 4 is 0 Å². The molecule has 1 atom stereocenters. The van der Waals surface area contributed by atoms with Crippen LogP contribution in [0.5, 0.6) is 0 Å². The van der Waals surface area contributed by atoms with Crippen LogP contribution in [0.15, 0.2) is 0 Å². The van der Waals surface area contributed by atoms with Crippen molar-refractivity contribution in [1.29, 1.82) is 0 Å². The summed E-state index contributed by atoms with van der Waals surface area (Å²) in [6, 6.07) is 0. The summed E-state index contributed by atoms with van der Waals surface area (Å²) in [5.74, 6) is 0.808. The maximum Gasteiger partial charge on any atom is 0.0805 e. The van der Waals surface area contributed by atoms with Crippen molar-refractivity contribution in [1.82, 2.24) is 15.8 Å². The Kier molecular flexibility index (Phi) is 6.96. The predicted molar refractivity (Wildman–Crippen MR) is 67.1 cm³/mol. The highest BCUT2D eigenvalue weighted by atomic mass is 16.3. The number of hydrogen-bond donors (Lipinski definition) is 3. The fourth-order valence-corrected chi connectivity index (χ4v) is 2.49. The van der Waals surface area contributed by atoms with E-state index in [1.54, 1.807) is 0 Å². The molecule has 0 radical (unpaired) electrons. The van der Waals surface area contributed by atoms with Gasteiger partial charge in [0.25, 0.3) is 0 Å². The normalized spacial score (nSPS) is 20.2. The van der Waals surface area contributed by atoms with Crippen molar-refractivity contribution < 1.29 is 5.11 Å². The molecule has 0 unspecified atom stereocenters. The first kappa shape index (κ1) is 13.9.